The molecule has 6 nitrogen and oxygen atoms in total. The zero-order valence-electron chi connectivity index (χ0n) is 30.9. The summed E-state index contributed by atoms with van der Waals surface area (Å²) in [6.45, 7) is 12.7. The Morgan fingerprint density at radius 2 is 1.14 bits per heavy atom. The Balaban J connectivity index is 1.43. The smallest absolute Gasteiger partial charge is 0.478 e. The Morgan fingerprint density at radius 3 is 1.72 bits per heavy atom. The van der Waals surface area contributed by atoms with Crippen LogP contribution in [0.5, 0.6) is 0 Å². The van der Waals surface area contributed by atoms with E-state index in [-0.39, 0.29) is 17.5 Å². The number of nitrogens with one attached hydrogen (secondary N) is 1. The monoisotopic (exact) mass is 675 g/mol. The first kappa shape index (κ1) is 36.1. The lowest BCUT2D eigenvalue weighted by molar-refractivity contribution is 0.00578. The molecule has 264 valence electrons. The third kappa shape index (κ3) is 6.84. The van der Waals surface area contributed by atoms with Gasteiger partial charge in [0.25, 0.3) is 5.91 Å². The van der Waals surface area contributed by atoms with Crippen molar-refractivity contribution in [2.45, 2.75) is 136 Å². The Bertz CT molecular complexity index is 1950. The van der Waals surface area contributed by atoms with Gasteiger partial charge in [0.1, 0.15) is 0 Å². The zero-order chi connectivity index (χ0) is 35.6. The zero-order valence-corrected chi connectivity index (χ0v) is 30.9. The lowest BCUT2D eigenvalue weighted by Gasteiger charge is -2.32. The molecule has 1 heterocycles. The van der Waals surface area contributed by atoms with Crippen molar-refractivity contribution in [1.82, 2.24) is 5.32 Å². The first-order chi connectivity index (χ1) is 24.0. The van der Waals surface area contributed by atoms with Crippen LogP contribution in [0.15, 0.2) is 54.6 Å². The highest BCUT2D eigenvalue weighted by Crippen LogP contribution is 2.43. The Kier molecular flexibility index (Phi) is 10.8. The Hall–Kier alpha value is -3.68. The second kappa shape index (κ2) is 14.9. The lowest BCUT2D eigenvalue weighted by atomic mass is 9.74. The van der Waals surface area contributed by atoms with Crippen molar-refractivity contribution >= 4 is 67.5 Å². The minimum absolute atomic E-state index is 0.0627. The van der Waals surface area contributed by atoms with E-state index in [9.17, 15) is 14.7 Å². The molecule has 1 aliphatic rings. The van der Waals surface area contributed by atoms with Crippen LogP contribution in [0.2, 0.25) is 0 Å². The fourth-order valence-corrected chi connectivity index (χ4v) is 7.91. The molecule has 1 aliphatic heterocycles. The normalized spacial score (nSPS) is 15.7. The molecule has 7 heteroatoms. The summed E-state index contributed by atoms with van der Waals surface area (Å²) in [6.07, 6.45) is 13.7. The SMILES string of the molecule is CCCCCCCC(CCCCCCC)NC(=O)c1ccc2c3cccc4c(B5OC(C)(C)C(C)(C)O5)ccc(c5ccc(C(=O)O)c1c52)c43. The van der Waals surface area contributed by atoms with Gasteiger partial charge < -0.3 is 19.7 Å². The van der Waals surface area contributed by atoms with Gasteiger partial charge in [-0.1, -0.05) is 121 Å². The Morgan fingerprint density at radius 1 is 0.640 bits per heavy atom. The first-order valence-electron chi connectivity index (χ1n) is 19.0. The maximum atomic E-state index is 14.2. The number of hydrogen-bond acceptors (Lipinski definition) is 4. The molecular formula is C43H54BNO5. The fraction of sp³-hybridized carbons (Fsp3) is 0.488. The second-order valence-electron chi connectivity index (χ2n) is 15.5. The molecule has 5 aromatic rings. The minimum atomic E-state index is -1.04. The third-order valence-electron chi connectivity index (χ3n) is 11.4. The van der Waals surface area contributed by atoms with Gasteiger partial charge in [0, 0.05) is 17.0 Å². The van der Waals surface area contributed by atoms with Gasteiger partial charge in [-0.2, -0.15) is 0 Å². The van der Waals surface area contributed by atoms with Crippen LogP contribution in [0.1, 0.15) is 139 Å². The predicted octanol–water partition coefficient (Wildman–Crippen LogP) is 10.6. The van der Waals surface area contributed by atoms with Crippen LogP contribution in [0, 0.1) is 0 Å². The Labute approximate surface area is 297 Å². The topological polar surface area (TPSA) is 84.9 Å². The van der Waals surface area contributed by atoms with Crippen molar-refractivity contribution in [1.29, 1.82) is 0 Å². The maximum Gasteiger partial charge on any atom is 0.495 e. The van der Waals surface area contributed by atoms with Crippen LogP contribution in [0.3, 0.4) is 0 Å². The van der Waals surface area contributed by atoms with Gasteiger partial charge in [-0.3, -0.25) is 4.79 Å². The van der Waals surface area contributed by atoms with Crippen LogP contribution in [-0.2, 0) is 9.31 Å². The highest BCUT2D eigenvalue weighted by Gasteiger charge is 2.52. The molecule has 2 N–H and O–H groups in total. The molecule has 50 heavy (non-hydrogen) atoms. The van der Waals surface area contributed by atoms with Crippen LogP contribution in [-0.4, -0.2) is 41.3 Å². The molecule has 0 aliphatic carbocycles. The second-order valence-corrected chi connectivity index (χ2v) is 15.5. The van der Waals surface area contributed by atoms with Gasteiger partial charge in [-0.15, -0.1) is 0 Å². The largest absolute Gasteiger partial charge is 0.495 e. The summed E-state index contributed by atoms with van der Waals surface area (Å²) in [4.78, 5) is 27.0. The van der Waals surface area contributed by atoms with Crippen molar-refractivity contribution in [2.75, 3.05) is 0 Å². The summed E-state index contributed by atoms with van der Waals surface area (Å²) in [5, 5.41) is 21.2. The number of unbranched alkanes of at least 4 members (excludes halogenated alkanes) is 8. The summed E-state index contributed by atoms with van der Waals surface area (Å²) in [7, 11) is -0.516. The van der Waals surface area contributed by atoms with E-state index in [4.69, 9.17) is 9.31 Å². The number of amides is 1. The minimum Gasteiger partial charge on any atom is -0.478 e. The molecule has 6 rings (SSSR count). The number of carbonyl (C=O) groups excluding carboxylic acids is 1. The van der Waals surface area contributed by atoms with E-state index >= 15 is 0 Å². The van der Waals surface area contributed by atoms with Crippen molar-refractivity contribution in [3.05, 3.63) is 65.7 Å². The summed E-state index contributed by atoms with van der Waals surface area (Å²) in [6, 6.07) is 17.9. The number of hydrogen-bond donors (Lipinski definition) is 2. The molecule has 0 unspecified atom stereocenters. The van der Waals surface area contributed by atoms with Gasteiger partial charge in [0.05, 0.1) is 16.8 Å². The molecule has 0 spiro atoms. The van der Waals surface area contributed by atoms with E-state index in [0.29, 0.717) is 10.9 Å². The van der Waals surface area contributed by atoms with Gasteiger partial charge >= 0.3 is 13.1 Å². The van der Waals surface area contributed by atoms with Crippen LogP contribution in [0.25, 0.3) is 43.1 Å². The van der Waals surface area contributed by atoms with Crippen LogP contribution < -0.4 is 10.8 Å². The molecule has 0 saturated carbocycles. The lowest BCUT2D eigenvalue weighted by Crippen LogP contribution is -2.41. The predicted molar refractivity (Wildman–Crippen MR) is 208 cm³/mol. The van der Waals surface area contributed by atoms with Crippen molar-refractivity contribution in [3.63, 3.8) is 0 Å². The number of carbonyl (C=O) groups is 2. The standard InChI is InChI=1S/C43H54BNO5/c1-7-9-11-13-15-18-28(19-16-14-12-10-8-2)45-40(46)34-24-22-31-29-20-17-21-33-36(44-49-42(3,4)43(5,6)50-44)27-26-30(37(29)33)32-23-25-35(41(47)48)39(34)38(31)32/h17,20-28H,7-16,18-19H2,1-6H3,(H,45,46)(H,47,48). The third-order valence-corrected chi connectivity index (χ3v) is 11.4. The van der Waals surface area contributed by atoms with E-state index in [2.05, 4.69) is 71.1 Å². The number of rotatable bonds is 16. The molecule has 0 aromatic heterocycles. The quantitative estimate of drug-likeness (QED) is 0.0471. The molecule has 5 aromatic carbocycles. The van der Waals surface area contributed by atoms with Gasteiger partial charge in [-0.25, -0.2) is 4.79 Å². The highest BCUT2D eigenvalue weighted by molar-refractivity contribution is 6.66. The van der Waals surface area contributed by atoms with E-state index < -0.39 is 24.3 Å². The summed E-state index contributed by atoms with van der Waals surface area (Å²) in [5.74, 6) is -1.23. The van der Waals surface area contributed by atoms with Gasteiger partial charge in [-0.05, 0) is 95.8 Å². The average molecular weight is 676 g/mol. The van der Waals surface area contributed by atoms with E-state index in [1.54, 1.807) is 6.07 Å². The molecule has 1 amide bonds. The molecule has 0 bridgehead atoms. The van der Waals surface area contributed by atoms with E-state index in [0.717, 1.165) is 68.8 Å². The maximum absolute atomic E-state index is 14.2. The van der Waals surface area contributed by atoms with Crippen molar-refractivity contribution in [2.24, 2.45) is 0 Å². The number of aromatic carboxylic acids is 1. The van der Waals surface area contributed by atoms with Crippen LogP contribution >= 0.6 is 0 Å². The summed E-state index contributed by atoms with van der Waals surface area (Å²) >= 11 is 0. The van der Waals surface area contributed by atoms with E-state index in [1.807, 2.05) is 24.3 Å². The molecule has 1 fully saturated rings. The van der Waals surface area contributed by atoms with Crippen LogP contribution in [0.4, 0.5) is 0 Å². The number of carboxylic acid groups (broad SMARTS) is 1. The van der Waals surface area contributed by atoms with Gasteiger partial charge in [0.2, 0.25) is 0 Å². The van der Waals surface area contributed by atoms with Gasteiger partial charge in [0.15, 0.2) is 0 Å². The summed E-state index contributed by atoms with van der Waals surface area (Å²) < 4.78 is 13.0. The highest BCUT2D eigenvalue weighted by atomic mass is 16.7. The molecule has 1 saturated heterocycles. The molecule has 0 atom stereocenters. The van der Waals surface area contributed by atoms with Crippen molar-refractivity contribution in [3.8, 4) is 0 Å². The molecule has 0 radical (unpaired) electrons. The van der Waals surface area contributed by atoms with E-state index in [1.165, 1.54) is 51.4 Å². The summed E-state index contributed by atoms with van der Waals surface area (Å²) in [5.41, 5.74) is 0.606. The number of fused-ring (bicyclic) bond motifs is 2. The molecular weight excluding hydrogens is 621 g/mol. The number of benzene rings is 5. The average Bonchev–Trinajstić information content (AvgIpc) is 3.31. The number of carboxylic acids is 1. The fourth-order valence-electron chi connectivity index (χ4n) is 7.91. The first-order valence-corrected chi connectivity index (χ1v) is 19.0. The van der Waals surface area contributed by atoms with Crippen molar-refractivity contribution < 1.29 is 24.0 Å².